The van der Waals surface area contributed by atoms with E-state index in [1.807, 2.05) is 6.92 Å². The predicted octanol–water partition coefficient (Wildman–Crippen LogP) is 2.94. The van der Waals surface area contributed by atoms with Crippen LogP contribution in [0.2, 0.25) is 0 Å². The van der Waals surface area contributed by atoms with Crippen LogP contribution in [0.4, 0.5) is 0 Å². The first-order valence-corrected chi connectivity index (χ1v) is 5.44. The molecule has 0 saturated carbocycles. The van der Waals surface area contributed by atoms with Crippen molar-refractivity contribution in [2.75, 3.05) is 0 Å². The molecule has 0 heterocycles. The van der Waals surface area contributed by atoms with Gasteiger partial charge in [-0.2, -0.15) is 0 Å². The van der Waals surface area contributed by atoms with Gasteiger partial charge < -0.3 is 5.11 Å². The van der Waals surface area contributed by atoms with E-state index in [-0.39, 0.29) is 0 Å². The van der Waals surface area contributed by atoms with Gasteiger partial charge in [-0.1, -0.05) is 15.9 Å². The average molecular weight is 255 g/mol. The van der Waals surface area contributed by atoms with Crippen molar-refractivity contribution in [3.05, 3.63) is 32.8 Å². The minimum Gasteiger partial charge on any atom is -0.478 e. The molecule has 14 heavy (non-hydrogen) atoms. The molecule has 0 atom stereocenters. The molecule has 0 fully saturated rings. The first-order valence-electron chi connectivity index (χ1n) is 4.65. The maximum atomic E-state index is 11.0. The number of benzene rings is 1. The van der Waals surface area contributed by atoms with E-state index in [4.69, 9.17) is 5.11 Å². The molecule has 0 bridgehead atoms. The smallest absolute Gasteiger partial charge is 0.336 e. The van der Waals surface area contributed by atoms with E-state index in [0.717, 1.165) is 29.3 Å². The SMILES string of the molecule is Cc1c(Br)cc(C(=O)O)c2c1CCC2. The normalized spacial score (nSPS) is 14.1. The van der Waals surface area contributed by atoms with Gasteiger partial charge in [0.05, 0.1) is 5.56 Å². The van der Waals surface area contributed by atoms with Crippen molar-refractivity contribution in [1.29, 1.82) is 0 Å². The highest BCUT2D eigenvalue weighted by atomic mass is 79.9. The molecule has 0 spiro atoms. The molecule has 0 aliphatic heterocycles. The Bertz CT molecular complexity index is 410. The van der Waals surface area contributed by atoms with Crippen molar-refractivity contribution in [2.45, 2.75) is 26.2 Å². The molecule has 1 aromatic rings. The van der Waals surface area contributed by atoms with E-state index in [9.17, 15) is 4.79 Å². The third kappa shape index (κ3) is 1.36. The van der Waals surface area contributed by atoms with Crippen molar-refractivity contribution < 1.29 is 9.90 Å². The van der Waals surface area contributed by atoms with Crippen LogP contribution < -0.4 is 0 Å². The lowest BCUT2D eigenvalue weighted by molar-refractivity contribution is 0.0695. The van der Waals surface area contributed by atoms with Gasteiger partial charge in [0.25, 0.3) is 0 Å². The molecule has 0 saturated heterocycles. The molecule has 0 unspecified atom stereocenters. The van der Waals surface area contributed by atoms with Gasteiger partial charge in [0, 0.05) is 4.47 Å². The van der Waals surface area contributed by atoms with Crippen LogP contribution in [0.5, 0.6) is 0 Å². The highest BCUT2D eigenvalue weighted by Crippen LogP contribution is 2.33. The van der Waals surface area contributed by atoms with Crippen LogP contribution in [0.25, 0.3) is 0 Å². The molecule has 74 valence electrons. The van der Waals surface area contributed by atoms with Crippen molar-refractivity contribution >= 4 is 21.9 Å². The number of carbonyl (C=O) groups is 1. The number of carboxylic acids is 1. The summed E-state index contributed by atoms with van der Waals surface area (Å²) in [6.07, 6.45) is 3.00. The zero-order valence-electron chi connectivity index (χ0n) is 7.93. The summed E-state index contributed by atoms with van der Waals surface area (Å²) in [5.74, 6) is -0.816. The number of fused-ring (bicyclic) bond motifs is 1. The van der Waals surface area contributed by atoms with Gasteiger partial charge in [0.15, 0.2) is 0 Å². The van der Waals surface area contributed by atoms with Crippen molar-refractivity contribution in [3.8, 4) is 0 Å². The lowest BCUT2D eigenvalue weighted by atomic mass is 9.99. The molecule has 0 aromatic heterocycles. The van der Waals surface area contributed by atoms with Gasteiger partial charge in [0.1, 0.15) is 0 Å². The summed E-state index contributed by atoms with van der Waals surface area (Å²) < 4.78 is 0.913. The van der Waals surface area contributed by atoms with E-state index in [2.05, 4.69) is 15.9 Å². The van der Waals surface area contributed by atoms with Crippen LogP contribution in [0.15, 0.2) is 10.5 Å². The predicted molar refractivity (Wildman–Crippen MR) is 57.9 cm³/mol. The summed E-state index contributed by atoms with van der Waals surface area (Å²) in [5, 5.41) is 9.04. The van der Waals surface area contributed by atoms with Gasteiger partial charge in [-0.05, 0) is 48.9 Å². The fourth-order valence-electron chi connectivity index (χ4n) is 2.11. The molecule has 0 radical (unpaired) electrons. The molecule has 2 rings (SSSR count). The van der Waals surface area contributed by atoms with Crippen molar-refractivity contribution in [1.82, 2.24) is 0 Å². The second-order valence-corrected chi connectivity index (χ2v) is 4.50. The first-order chi connectivity index (χ1) is 6.61. The maximum absolute atomic E-state index is 11.0. The summed E-state index contributed by atoms with van der Waals surface area (Å²) in [5.41, 5.74) is 3.94. The number of rotatable bonds is 1. The number of halogens is 1. The molecule has 1 aliphatic rings. The molecule has 1 aliphatic carbocycles. The lowest BCUT2D eigenvalue weighted by Crippen LogP contribution is -2.03. The summed E-state index contributed by atoms with van der Waals surface area (Å²) in [6, 6.07) is 1.72. The second-order valence-electron chi connectivity index (χ2n) is 3.65. The molecule has 3 heteroatoms. The quantitative estimate of drug-likeness (QED) is 0.837. The summed E-state index contributed by atoms with van der Waals surface area (Å²) >= 11 is 3.40. The zero-order valence-corrected chi connectivity index (χ0v) is 9.52. The second kappa shape index (κ2) is 3.39. The molecular weight excluding hydrogens is 244 g/mol. The highest BCUT2D eigenvalue weighted by molar-refractivity contribution is 9.10. The Morgan fingerprint density at radius 2 is 2.07 bits per heavy atom. The molecule has 1 N–H and O–H groups in total. The van der Waals surface area contributed by atoms with Crippen LogP contribution in [-0.2, 0) is 12.8 Å². The minimum atomic E-state index is -0.816. The average Bonchev–Trinajstić information content (AvgIpc) is 2.59. The van der Waals surface area contributed by atoms with Crippen LogP contribution in [0, 0.1) is 6.92 Å². The van der Waals surface area contributed by atoms with Crippen LogP contribution in [-0.4, -0.2) is 11.1 Å². The van der Waals surface area contributed by atoms with Crippen LogP contribution in [0.1, 0.15) is 33.5 Å². The van der Waals surface area contributed by atoms with Crippen molar-refractivity contribution in [2.24, 2.45) is 0 Å². The Morgan fingerprint density at radius 3 is 2.71 bits per heavy atom. The van der Waals surface area contributed by atoms with E-state index < -0.39 is 5.97 Å². The Balaban J connectivity index is 2.70. The van der Waals surface area contributed by atoms with Gasteiger partial charge >= 0.3 is 5.97 Å². The van der Waals surface area contributed by atoms with Gasteiger partial charge in [-0.3, -0.25) is 0 Å². The standard InChI is InChI=1S/C11H11BrO2/c1-6-7-3-2-4-8(7)9(11(13)14)5-10(6)12/h5H,2-4H2,1H3,(H,13,14). The summed E-state index contributed by atoms with van der Waals surface area (Å²) in [4.78, 5) is 11.0. The zero-order chi connectivity index (χ0) is 10.3. The number of carboxylic acid groups (broad SMARTS) is 1. The van der Waals surface area contributed by atoms with Crippen LogP contribution >= 0.6 is 15.9 Å². The Morgan fingerprint density at radius 1 is 1.43 bits per heavy atom. The molecular formula is C11H11BrO2. The Hall–Kier alpha value is -0.830. The lowest BCUT2D eigenvalue weighted by Gasteiger charge is -2.09. The monoisotopic (exact) mass is 254 g/mol. The van der Waals surface area contributed by atoms with E-state index >= 15 is 0 Å². The summed E-state index contributed by atoms with van der Waals surface area (Å²) in [7, 11) is 0. The third-order valence-corrected chi connectivity index (χ3v) is 3.68. The van der Waals surface area contributed by atoms with Gasteiger partial charge in [-0.25, -0.2) is 4.79 Å². The number of aromatic carboxylic acids is 1. The van der Waals surface area contributed by atoms with Crippen molar-refractivity contribution in [3.63, 3.8) is 0 Å². The van der Waals surface area contributed by atoms with Crippen LogP contribution in [0.3, 0.4) is 0 Å². The van der Waals surface area contributed by atoms with Gasteiger partial charge in [-0.15, -0.1) is 0 Å². The van der Waals surface area contributed by atoms with Gasteiger partial charge in [0.2, 0.25) is 0 Å². The van der Waals surface area contributed by atoms with E-state index in [1.54, 1.807) is 6.07 Å². The third-order valence-electron chi connectivity index (χ3n) is 2.86. The topological polar surface area (TPSA) is 37.3 Å². The molecule has 2 nitrogen and oxygen atoms in total. The summed E-state index contributed by atoms with van der Waals surface area (Å²) in [6.45, 7) is 2.04. The molecule has 1 aromatic carbocycles. The maximum Gasteiger partial charge on any atom is 0.336 e. The molecule has 0 amide bonds. The fraction of sp³-hybridized carbons (Fsp3) is 0.364. The largest absolute Gasteiger partial charge is 0.478 e. The number of hydrogen-bond donors (Lipinski definition) is 1. The Kier molecular flexibility index (Phi) is 2.35. The highest BCUT2D eigenvalue weighted by Gasteiger charge is 2.21. The van der Waals surface area contributed by atoms with E-state index in [0.29, 0.717) is 5.56 Å². The number of hydrogen-bond acceptors (Lipinski definition) is 1. The Labute approximate surface area is 91.1 Å². The first kappa shape index (κ1) is 9.71. The van der Waals surface area contributed by atoms with E-state index in [1.165, 1.54) is 11.1 Å². The fourth-order valence-corrected chi connectivity index (χ4v) is 2.58. The minimum absolute atomic E-state index is 0.468.